The highest BCUT2D eigenvalue weighted by molar-refractivity contribution is 8.26. The highest BCUT2D eigenvalue weighted by Gasteiger charge is 2.32. The maximum absolute atomic E-state index is 12.8. The van der Waals surface area contributed by atoms with Crippen LogP contribution in [-0.4, -0.2) is 44.5 Å². The number of aliphatic carboxylic acids is 1. The Hall–Kier alpha value is -3.43. The second-order valence-electron chi connectivity index (χ2n) is 6.90. The molecular weight excluding hydrogens is 446 g/mol. The third-order valence-corrected chi connectivity index (χ3v) is 6.20. The van der Waals surface area contributed by atoms with Crippen molar-refractivity contribution in [2.24, 2.45) is 0 Å². The molecule has 0 saturated carbocycles. The van der Waals surface area contributed by atoms with Gasteiger partial charge >= 0.3 is 0 Å². The normalized spacial score (nSPS) is 14.9. The van der Waals surface area contributed by atoms with Crippen molar-refractivity contribution in [2.75, 3.05) is 13.7 Å². The molecule has 4 rings (SSSR count). The fourth-order valence-corrected chi connectivity index (χ4v) is 4.52. The summed E-state index contributed by atoms with van der Waals surface area (Å²) < 4.78 is 7.32. The van der Waals surface area contributed by atoms with E-state index in [-0.39, 0.29) is 18.9 Å². The zero-order valence-corrected chi connectivity index (χ0v) is 18.7. The van der Waals surface area contributed by atoms with Crippen molar-refractivity contribution in [3.63, 3.8) is 0 Å². The van der Waals surface area contributed by atoms with E-state index in [1.807, 2.05) is 60.8 Å². The Labute approximate surface area is 194 Å². The third-order valence-electron chi connectivity index (χ3n) is 4.83. The molecule has 32 heavy (non-hydrogen) atoms. The van der Waals surface area contributed by atoms with Crippen molar-refractivity contribution in [3.8, 4) is 22.7 Å². The topological polar surface area (TPSA) is 87.5 Å². The van der Waals surface area contributed by atoms with Crippen LogP contribution in [0.5, 0.6) is 5.75 Å². The number of thiocarbonyl (C=S) groups is 1. The molecule has 3 aromatic rings. The lowest BCUT2D eigenvalue weighted by atomic mass is 10.1. The largest absolute Gasteiger partial charge is 0.550 e. The number of nitrogens with zero attached hydrogens (tertiary/aromatic N) is 3. The van der Waals surface area contributed by atoms with Crippen LogP contribution in [0.15, 0.2) is 65.7 Å². The lowest BCUT2D eigenvalue weighted by Crippen LogP contribution is -2.33. The summed E-state index contributed by atoms with van der Waals surface area (Å²) in [5, 5.41) is 15.5. The van der Waals surface area contributed by atoms with E-state index in [0.29, 0.717) is 14.9 Å². The fourth-order valence-electron chi connectivity index (χ4n) is 3.22. The van der Waals surface area contributed by atoms with Crippen LogP contribution >= 0.6 is 24.0 Å². The molecule has 162 valence electrons. The third kappa shape index (κ3) is 4.58. The summed E-state index contributed by atoms with van der Waals surface area (Å²) in [7, 11) is 1.60. The Kier molecular flexibility index (Phi) is 6.38. The summed E-state index contributed by atoms with van der Waals surface area (Å²) in [6.07, 6.45) is 3.32. The van der Waals surface area contributed by atoms with Crippen molar-refractivity contribution in [3.05, 3.63) is 71.3 Å². The van der Waals surface area contributed by atoms with Crippen LogP contribution in [0.4, 0.5) is 0 Å². The summed E-state index contributed by atoms with van der Waals surface area (Å²) in [4.78, 5) is 25.3. The number of carbonyl (C=O) groups excluding carboxylic acids is 2. The molecule has 1 saturated heterocycles. The molecule has 1 aliphatic rings. The van der Waals surface area contributed by atoms with E-state index in [2.05, 4.69) is 0 Å². The number of thioether (sulfide) groups is 1. The van der Waals surface area contributed by atoms with Crippen molar-refractivity contribution < 1.29 is 19.4 Å². The van der Waals surface area contributed by atoms with E-state index in [1.54, 1.807) is 17.9 Å². The first-order valence-corrected chi connectivity index (χ1v) is 10.9. The van der Waals surface area contributed by atoms with E-state index >= 15 is 0 Å². The maximum Gasteiger partial charge on any atom is 0.266 e. The summed E-state index contributed by atoms with van der Waals surface area (Å²) in [6.45, 7) is -0.0149. The monoisotopic (exact) mass is 464 g/mol. The number of rotatable bonds is 7. The first kappa shape index (κ1) is 21.8. The zero-order valence-electron chi connectivity index (χ0n) is 17.1. The van der Waals surface area contributed by atoms with Crippen molar-refractivity contribution in [2.45, 2.75) is 6.42 Å². The Morgan fingerprint density at radius 2 is 1.91 bits per heavy atom. The molecule has 1 aliphatic heterocycles. The van der Waals surface area contributed by atoms with Gasteiger partial charge < -0.3 is 14.6 Å². The molecular formula is C23H18N3O4S2-. The van der Waals surface area contributed by atoms with Gasteiger partial charge in [0.1, 0.15) is 10.1 Å². The van der Waals surface area contributed by atoms with Gasteiger partial charge in [-0.2, -0.15) is 5.10 Å². The Morgan fingerprint density at radius 3 is 2.56 bits per heavy atom. The van der Waals surface area contributed by atoms with E-state index in [9.17, 15) is 14.7 Å². The molecule has 2 heterocycles. The number of amides is 1. The number of ether oxygens (including phenoxy) is 1. The van der Waals surface area contributed by atoms with Crippen LogP contribution in [0.2, 0.25) is 0 Å². The van der Waals surface area contributed by atoms with Crippen LogP contribution < -0.4 is 9.84 Å². The fraction of sp³-hybridized carbons (Fsp3) is 0.130. The second-order valence-corrected chi connectivity index (χ2v) is 8.57. The zero-order chi connectivity index (χ0) is 22.7. The number of aromatic nitrogens is 2. The standard InChI is InChI=1S/C23H19N3O4S2/c1-30-18-9-7-15(8-10-18)21-16(14-26(24-21)17-5-3-2-4-6-17)13-19-22(29)25(23(31)32-19)12-11-20(27)28/h2-10,13-14H,11-12H2,1H3,(H,27,28)/p-1/b19-13-. The van der Waals surface area contributed by atoms with Crippen LogP contribution in [0.25, 0.3) is 23.0 Å². The van der Waals surface area contributed by atoms with Crippen molar-refractivity contribution in [1.82, 2.24) is 14.7 Å². The number of carbonyl (C=O) groups is 2. The van der Waals surface area contributed by atoms with Gasteiger partial charge in [0.25, 0.3) is 5.91 Å². The molecule has 1 fully saturated rings. The molecule has 0 radical (unpaired) electrons. The lowest BCUT2D eigenvalue weighted by Gasteiger charge is -2.14. The number of hydrogen-bond donors (Lipinski definition) is 0. The van der Waals surface area contributed by atoms with E-state index in [1.165, 1.54) is 4.90 Å². The van der Waals surface area contributed by atoms with Crippen molar-refractivity contribution in [1.29, 1.82) is 0 Å². The molecule has 7 nitrogen and oxygen atoms in total. The van der Waals surface area contributed by atoms with Crippen LogP contribution in [0.3, 0.4) is 0 Å². The Balaban J connectivity index is 1.73. The molecule has 1 aromatic heterocycles. The average molecular weight is 465 g/mol. The van der Waals surface area contributed by atoms with Crippen LogP contribution in [0, 0.1) is 0 Å². The first-order valence-electron chi connectivity index (χ1n) is 9.71. The summed E-state index contributed by atoms with van der Waals surface area (Å²) >= 11 is 6.42. The van der Waals surface area contributed by atoms with Gasteiger partial charge in [-0.3, -0.25) is 9.69 Å². The lowest BCUT2D eigenvalue weighted by molar-refractivity contribution is -0.305. The highest BCUT2D eigenvalue weighted by atomic mass is 32.2. The predicted octanol–water partition coefficient (Wildman–Crippen LogP) is 2.89. The molecule has 9 heteroatoms. The molecule has 1 amide bonds. The van der Waals surface area contributed by atoms with Crippen LogP contribution in [-0.2, 0) is 9.59 Å². The van der Waals surface area contributed by atoms with Crippen molar-refractivity contribution >= 4 is 46.3 Å². The van der Waals surface area contributed by atoms with E-state index in [4.69, 9.17) is 22.1 Å². The summed E-state index contributed by atoms with van der Waals surface area (Å²) in [5.41, 5.74) is 3.17. The van der Waals surface area contributed by atoms with Gasteiger partial charge in [0.2, 0.25) is 0 Å². The smallest absolute Gasteiger partial charge is 0.266 e. The number of methoxy groups -OCH3 is 1. The van der Waals surface area contributed by atoms with Gasteiger partial charge in [0.15, 0.2) is 0 Å². The number of benzene rings is 2. The van der Waals surface area contributed by atoms with Gasteiger partial charge in [-0.05, 0) is 42.5 Å². The second kappa shape index (κ2) is 9.37. The van der Waals surface area contributed by atoms with Gasteiger partial charge in [0.05, 0.1) is 23.4 Å². The van der Waals surface area contributed by atoms with Crippen LogP contribution in [0.1, 0.15) is 12.0 Å². The minimum atomic E-state index is -1.23. The molecule has 0 N–H and O–H groups in total. The van der Waals surface area contributed by atoms with Gasteiger partial charge in [-0.25, -0.2) is 4.68 Å². The number of carboxylic acid groups (broad SMARTS) is 1. The van der Waals surface area contributed by atoms with E-state index in [0.717, 1.165) is 34.3 Å². The minimum absolute atomic E-state index is 0.0149. The summed E-state index contributed by atoms with van der Waals surface area (Å²) in [6, 6.07) is 17.1. The number of carboxylic acids is 1. The van der Waals surface area contributed by atoms with Gasteiger partial charge in [-0.15, -0.1) is 0 Å². The first-order chi connectivity index (χ1) is 15.5. The molecule has 0 unspecified atom stereocenters. The predicted molar refractivity (Wildman–Crippen MR) is 125 cm³/mol. The summed E-state index contributed by atoms with van der Waals surface area (Å²) in [5.74, 6) is -0.824. The average Bonchev–Trinajstić information content (AvgIpc) is 3.34. The molecule has 0 spiro atoms. The molecule has 0 aliphatic carbocycles. The van der Waals surface area contributed by atoms with E-state index < -0.39 is 5.97 Å². The van der Waals surface area contributed by atoms with Gasteiger partial charge in [0, 0.05) is 36.3 Å². The quantitative estimate of drug-likeness (QED) is 0.392. The Morgan fingerprint density at radius 1 is 1.19 bits per heavy atom. The SMILES string of the molecule is COc1ccc(-c2nn(-c3ccccc3)cc2/C=C2\SC(=S)N(CCC(=O)[O-])C2=O)cc1. The molecule has 2 aromatic carbocycles. The number of hydrogen-bond acceptors (Lipinski definition) is 7. The highest BCUT2D eigenvalue weighted by Crippen LogP contribution is 2.35. The minimum Gasteiger partial charge on any atom is -0.550 e. The molecule has 0 atom stereocenters. The Bertz CT molecular complexity index is 1200. The maximum atomic E-state index is 12.8. The number of para-hydroxylation sites is 1. The molecule has 0 bridgehead atoms. The van der Waals surface area contributed by atoms with Gasteiger partial charge in [-0.1, -0.05) is 42.2 Å².